The minimum absolute atomic E-state index is 0.105. The minimum atomic E-state index is -0.621. The van der Waals surface area contributed by atoms with E-state index in [-0.39, 0.29) is 17.8 Å². The number of furan rings is 1. The van der Waals surface area contributed by atoms with Gasteiger partial charge in [0.15, 0.2) is 5.76 Å². The van der Waals surface area contributed by atoms with Crippen molar-refractivity contribution in [3.8, 4) is 5.75 Å². The summed E-state index contributed by atoms with van der Waals surface area (Å²) in [5.74, 6) is 0.675. The molecule has 1 aromatic carbocycles. The van der Waals surface area contributed by atoms with Crippen molar-refractivity contribution in [1.82, 2.24) is 0 Å². The lowest BCUT2D eigenvalue weighted by Crippen LogP contribution is -2.13. The maximum absolute atomic E-state index is 11.4. The summed E-state index contributed by atoms with van der Waals surface area (Å²) in [5.41, 5.74) is 5.78. The van der Waals surface area contributed by atoms with Gasteiger partial charge in [0.25, 0.3) is 5.91 Å². The van der Waals surface area contributed by atoms with E-state index < -0.39 is 11.5 Å². The Kier molecular flexibility index (Phi) is 4.12. The number of carbonyl (C=O) groups is 1. The molecule has 6 nitrogen and oxygen atoms in total. The first-order chi connectivity index (χ1) is 11.7. The van der Waals surface area contributed by atoms with Gasteiger partial charge in [-0.1, -0.05) is 20.8 Å². The van der Waals surface area contributed by atoms with Gasteiger partial charge in [-0.05, 0) is 24.3 Å². The Labute approximate surface area is 144 Å². The molecular formula is C19H19NO5. The lowest BCUT2D eigenvalue weighted by atomic mass is 9.91. The van der Waals surface area contributed by atoms with E-state index in [4.69, 9.17) is 19.3 Å². The van der Waals surface area contributed by atoms with E-state index in [1.165, 1.54) is 6.07 Å². The second kappa shape index (κ2) is 6.12. The fraction of sp³-hybridized carbons (Fsp3) is 0.263. The van der Waals surface area contributed by atoms with Crippen LogP contribution in [0, 0.1) is 0 Å². The van der Waals surface area contributed by atoms with E-state index in [0.717, 1.165) is 10.9 Å². The molecule has 2 aromatic heterocycles. The lowest BCUT2D eigenvalue weighted by Gasteiger charge is -2.17. The van der Waals surface area contributed by atoms with Gasteiger partial charge in [0.2, 0.25) is 0 Å². The fourth-order valence-corrected chi connectivity index (χ4v) is 2.58. The molecule has 0 aliphatic rings. The number of hydrogen-bond acceptors (Lipinski definition) is 5. The average molecular weight is 341 g/mol. The molecule has 0 fully saturated rings. The van der Waals surface area contributed by atoms with Crippen LogP contribution >= 0.6 is 0 Å². The van der Waals surface area contributed by atoms with Crippen molar-refractivity contribution >= 4 is 16.9 Å². The third-order valence-electron chi connectivity index (χ3n) is 3.72. The predicted molar refractivity (Wildman–Crippen MR) is 92.7 cm³/mol. The van der Waals surface area contributed by atoms with Gasteiger partial charge in [-0.25, -0.2) is 4.79 Å². The first-order valence-corrected chi connectivity index (χ1v) is 7.84. The van der Waals surface area contributed by atoms with Crippen LogP contribution in [0.1, 0.15) is 42.6 Å². The maximum atomic E-state index is 11.4. The number of ether oxygens (including phenoxy) is 1. The average Bonchev–Trinajstić information content (AvgIpc) is 2.97. The molecule has 0 spiro atoms. The standard InChI is InChI=1S/C19H19NO5/c1-19(2,3)17-12(8-15(25-17)18(20)22)10-23-13-6-4-11-5-7-16(21)24-14(11)9-13/h4-9H,10H2,1-3H3,(H2,20,22). The van der Waals surface area contributed by atoms with Crippen molar-refractivity contribution in [2.45, 2.75) is 32.8 Å². The Balaban J connectivity index is 1.88. The molecule has 2 heterocycles. The summed E-state index contributed by atoms with van der Waals surface area (Å²) in [6.45, 7) is 6.13. The summed E-state index contributed by atoms with van der Waals surface area (Å²) >= 11 is 0. The molecule has 0 aliphatic carbocycles. The molecule has 130 valence electrons. The van der Waals surface area contributed by atoms with Gasteiger partial charge < -0.3 is 19.3 Å². The van der Waals surface area contributed by atoms with Gasteiger partial charge in [-0.3, -0.25) is 4.79 Å². The number of hydrogen-bond donors (Lipinski definition) is 1. The highest BCUT2D eigenvalue weighted by atomic mass is 16.5. The van der Waals surface area contributed by atoms with Crippen molar-refractivity contribution < 1.29 is 18.4 Å². The van der Waals surface area contributed by atoms with Crippen LogP contribution in [-0.2, 0) is 12.0 Å². The highest BCUT2D eigenvalue weighted by Crippen LogP contribution is 2.30. The predicted octanol–water partition coefficient (Wildman–Crippen LogP) is 3.36. The smallest absolute Gasteiger partial charge is 0.336 e. The normalized spacial score (nSPS) is 11.6. The molecule has 0 bridgehead atoms. The highest BCUT2D eigenvalue weighted by Gasteiger charge is 2.25. The van der Waals surface area contributed by atoms with Crippen molar-refractivity contribution in [2.24, 2.45) is 5.73 Å². The van der Waals surface area contributed by atoms with Gasteiger partial charge in [0.05, 0.1) is 0 Å². The Morgan fingerprint density at radius 3 is 2.52 bits per heavy atom. The largest absolute Gasteiger partial charge is 0.489 e. The van der Waals surface area contributed by atoms with E-state index in [2.05, 4.69) is 0 Å². The third kappa shape index (κ3) is 3.57. The summed E-state index contributed by atoms with van der Waals surface area (Å²) in [5, 5.41) is 0.807. The van der Waals surface area contributed by atoms with Crippen molar-refractivity contribution in [1.29, 1.82) is 0 Å². The quantitative estimate of drug-likeness (QED) is 0.734. The Hall–Kier alpha value is -3.02. The summed E-state index contributed by atoms with van der Waals surface area (Å²) in [7, 11) is 0. The number of primary amides is 1. The van der Waals surface area contributed by atoms with E-state index in [0.29, 0.717) is 17.1 Å². The van der Waals surface area contributed by atoms with Crippen molar-refractivity contribution in [2.75, 3.05) is 0 Å². The molecule has 0 atom stereocenters. The number of nitrogens with two attached hydrogens (primary N) is 1. The van der Waals surface area contributed by atoms with E-state index in [9.17, 15) is 9.59 Å². The summed E-state index contributed by atoms with van der Waals surface area (Å²) < 4.78 is 16.5. The van der Waals surface area contributed by atoms with Gasteiger partial charge in [0.1, 0.15) is 23.7 Å². The first kappa shape index (κ1) is 16.8. The van der Waals surface area contributed by atoms with Crippen LogP contribution in [0.4, 0.5) is 0 Å². The van der Waals surface area contributed by atoms with Crippen molar-refractivity contribution in [3.05, 3.63) is 63.9 Å². The first-order valence-electron chi connectivity index (χ1n) is 7.84. The van der Waals surface area contributed by atoms with Gasteiger partial charge in [0, 0.05) is 28.5 Å². The van der Waals surface area contributed by atoms with E-state index in [1.54, 1.807) is 24.3 Å². The van der Waals surface area contributed by atoms with Crippen LogP contribution < -0.4 is 16.1 Å². The molecule has 0 saturated heterocycles. The zero-order valence-electron chi connectivity index (χ0n) is 14.3. The van der Waals surface area contributed by atoms with Crippen LogP contribution in [0.3, 0.4) is 0 Å². The molecule has 3 rings (SSSR count). The second-order valence-electron chi connectivity index (χ2n) is 6.82. The summed E-state index contributed by atoms with van der Waals surface area (Å²) in [6, 6.07) is 9.91. The molecule has 0 aliphatic heterocycles. The molecule has 3 aromatic rings. The SMILES string of the molecule is CC(C)(C)c1oc(C(N)=O)cc1COc1ccc2ccc(=O)oc2c1. The van der Waals surface area contributed by atoms with Gasteiger partial charge in [-0.2, -0.15) is 0 Å². The third-order valence-corrected chi connectivity index (χ3v) is 3.72. The van der Waals surface area contributed by atoms with Gasteiger partial charge in [-0.15, -0.1) is 0 Å². The minimum Gasteiger partial charge on any atom is -0.489 e. The number of carbonyl (C=O) groups excluding carboxylic acids is 1. The molecule has 25 heavy (non-hydrogen) atoms. The Morgan fingerprint density at radius 1 is 1.12 bits per heavy atom. The molecule has 0 unspecified atom stereocenters. The number of benzene rings is 1. The summed E-state index contributed by atoms with van der Waals surface area (Å²) in [4.78, 5) is 22.7. The molecule has 6 heteroatoms. The number of amides is 1. The van der Waals surface area contributed by atoms with Crippen LogP contribution in [-0.4, -0.2) is 5.91 Å². The highest BCUT2D eigenvalue weighted by molar-refractivity contribution is 5.90. The zero-order valence-corrected chi connectivity index (χ0v) is 14.3. The van der Waals surface area contributed by atoms with Crippen LogP contribution in [0.2, 0.25) is 0 Å². The van der Waals surface area contributed by atoms with Crippen LogP contribution in [0.5, 0.6) is 5.75 Å². The topological polar surface area (TPSA) is 95.7 Å². The Bertz CT molecular complexity index is 991. The maximum Gasteiger partial charge on any atom is 0.336 e. The van der Waals surface area contributed by atoms with Crippen LogP contribution in [0.25, 0.3) is 11.0 Å². The second-order valence-corrected chi connectivity index (χ2v) is 6.82. The zero-order chi connectivity index (χ0) is 18.2. The molecule has 0 radical (unpaired) electrons. The molecule has 2 N–H and O–H groups in total. The van der Waals surface area contributed by atoms with Gasteiger partial charge >= 0.3 is 5.63 Å². The molecular weight excluding hydrogens is 322 g/mol. The number of rotatable bonds is 4. The molecule has 0 saturated carbocycles. The number of fused-ring (bicyclic) bond motifs is 1. The fourth-order valence-electron chi connectivity index (χ4n) is 2.58. The van der Waals surface area contributed by atoms with E-state index in [1.807, 2.05) is 26.8 Å². The molecule has 1 amide bonds. The van der Waals surface area contributed by atoms with Crippen LogP contribution in [0.15, 0.2) is 50.0 Å². The lowest BCUT2D eigenvalue weighted by molar-refractivity contribution is 0.0970. The summed E-state index contributed by atoms with van der Waals surface area (Å²) in [6.07, 6.45) is 0. The monoisotopic (exact) mass is 341 g/mol. The van der Waals surface area contributed by atoms with Crippen molar-refractivity contribution in [3.63, 3.8) is 0 Å². The Morgan fingerprint density at radius 2 is 1.84 bits per heavy atom. The van der Waals surface area contributed by atoms with E-state index >= 15 is 0 Å².